The van der Waals surface area contributed by atoms with E-state index in [1.807, 2.05) is 12.2 Å². The second-order valence-electron chi connectivity index (χ2n) is 6.89. The number of hydrogen-bond donors (Lipinski definition) is 0. The molecular formula is C22H29N. The Labute approximate surface area is 141 Å². The molecule has 2 unspecified atom stereocenters. The molecule has 2 atom stereocenters. The quantitative estimate of drug-likeness (QED) is 0.463. The third-order valence-corrected chi connectivity index (χ3v) is 4.71. The fourth-order valence-corrected chi connectivity index (χ4v) is 3.64. The molecule has 0 amide bonds. The normalized spacial score (nSPS) is 26.0. The molecule has 1 aromatic rings. The average molecular weight is 307 g/mol. The Morgan fingerprint density at radius 2 is 1.74 bits per heavy atom. The summed E-state index contributed by atoms with van der Waals surface area (Å²) in [5.74, 6) is 2.43. The first-order chi connectivity index (χ1) is 11.1. The highest BCUT2D eigenvalue weighted by atomic mass is 14.6. The number of allylic oxidation sites excluding steroid dienone is 4. The Hall–Kier alpha value is -1.89. The van der Waals surface area contributed by atoms with Crippen LogP contribution >= 0.6 is 0 Å². The highest BCUT2D eigenvalue weighted by Crippen LogP contribution is 2.39. The van der Waals surface area contributed by atoms with Crippen LogP contribution in [0.4, 0.5) is 0 Å². The Bertz CT molecular complexity index is 579. The Balaban J connectivity index is 2.06. The second kappa shape index (κ2) is 8.67. The first-order valence-corrected chi connectivity index (χ1v) is 8.65. The summed E-state index contributed by atoms with van der Waals surface area (Å²) in [6.07, 6.45) is 13.9. The highest BCUT2D eigenvalue weighted by Gasteiger charge is 2.24. The van der Waals surface area contributed by atoms with Crippen molar-refractivity contribution < 1.29 is 0 Å². The monoisotopic (exact) mass is 307 g/mol. The fourth-order valence-electron chi connectivity index (χ4n) is 3.64. The minimum Gasteiger partial charge on any atom is -0.296 e. The van der Waals surface area contributed by atoms with Gasteiger partial charge in [-0.15, -0.1) is 0 Å². The first kappa shape index (κ1) is 17.5. The predicted molar refractivity (Wildman–Crippen MR) is 103 cm³/mol. The molecule has 23 heavy (non-hydrogen) atoms. The van der Waals surface area contributed by atoms with E-state index in [9.17, 15) is 0 Å². The molecule has 1 nitrogen and oxygen atoms in total. The minimum atomic E-state index is 0.733. The van der Waals surface area contributed by atoms with Crippen LogP contribution in [0.5, 0.6) is 0 Å². The zero-order valence-electron chi connectivity index (χ0n) is 14.7. The lowest BCUT2D eigenvalue weighted by Crippen LogP contribution is -2.18. The van der Waals surface area contributed by atoms with Crippen molar-refractivity contribution in [3.05, 3.63) is 65.8 Å². The van der Waals surface area contributed by atoms with Crippen LogP contribution in [0.1, 0.15) is 50.2 Å². The van der Waals surface area contributed by atoms with E-state index in [1.165, 1.54) is 30.4 Å². The Morgan fingerprint density at radius 3 is 2.30 bits per heavy atom. The molecule has 0 aliphatic heterocycles. The maximum absolute atomic E-state index is 3.97. The molecule has 1 aromatic carbocycles. The van der Waals surface area contributed by atoms with Crippen LogP contribution in [0.3, 0.4) is 0 Å². The third-order valence-electron chi connectivity index (χ3n) is 4.71. The summed E-state index contributed by atoms with van der Waals surface area (Å²) in [6.45, 7) is 8.62. The van der Waals surface area contributed by atoms with Crippen molar-refractivity contribution in [2.45, 2.75) is 39.0 Å². The number of aliphatic imine (C=N–C) groups is 1. The molecule has 2 rings (SSSR count). The third kappa shape index (κ3) is 5.35. The van der Waals surface area contributed by atoms with E-state index < -0.39 is 0 Å². The SMILES string of the molecule is C=CC(/C=C/c1ccc(C2CC(C)CC(C)C2)cc1)=C\C=NC. The predicted octanol–water partition coefficient (Wildman–Crippen LogP) is 6.05. The molecule has 0 spiro atoms. The average Bonchev–Trinajstić information content (AvgIpc) is 2.54. The molecule has 1 heteroatoms. The van der Waals surface area contributed by atoms with Gasteiger partial charge < -0.3 is 0 Å². The highest BCUT2D eigenvalue weighted by molar-refractivity contribution is 5.74. The molecule has 1 saturated carbocycles. The molecular weight excluding hydrogens is 278 g/mol. The van der Waals surface area contributed by atoms with Crippen LogP contribution in [0.25, 0.3) is 6.08 Å². The lowest BCUT2D eigenvalue weighted by atomic mass is 9.74. The molecule has 0 N–H and O–H groups in total. The van der Waals surface area contributed by atoms with Gasteiger partial charge in [-0.25, -0.2) is 0 Å². The van der Waals surface area contributed by atoms with Crippen LogP contribution in [-0.4, -0.2) is 13.3 Å². The standard InChI is InChI=1S/C22H29N/c1-5-19(12-13-23-4)6-7-20-8-10-21(11-9-20)22-15-17(2)14-18(3)16-22/h5-13,17-18,22H,1,14-16H2,2-4H3/b7-6+,19-12+,23-13?. The van der Waals surface area contributed by atoms with Gasteiger partial charge in [-0.2, -0.15) is 0 Å². The molecule has 122 valence electrons. The Morgan fingerprint density at radius 1 is 1.09 bits per heavy atom. The topological polar surface area (TPSA) is 12.4 Å². The van der Waals surface area contributed by atoms with Crippen LogP contribution in [0.15, 0.2) is 59.6 Å². The smallest absolute Gasteiger partial charge is 0.0277 e. The summed E-state index contributed by atoms with van der Waals surface area (Å²) in [6, 6.07) is 9.06. The van der Waals surface area contributed by atoms with Crippen molar-refractivity contribution in [1.29, 1.82) is 0 Å². The van der Waals surface area contributed by atoms with E-state index in [4.69, 9.17) is 0 Å². The van der Waals surface area contributed by atoms with Crippen molar-refractivity contribution in [3.8, 4) is 0 Å². The molecule has 0 bridgehead atoms. The van der Waals surface area contributed by atoms with E-state index in [-0.39, 0.29) is 0 Å². The van der Waals surface area contributed by atoms with Gasteiger partial charge in [0.1, 0.15) is 0 Å². The number of benzene rings is 1. The summed E-state index contributed by atoms with van der Waals surface area (Å²) < 4.78 is 0. The van der Waals surface area contributed by atoms with Gasteiger partial charge in [0.05, 0.1) is 0 Å². The number of nitrogens with zero attached hydrogens (tertiary/aromatic N) is 1. The number of hydrogen-bond acceptors (Lipinski definition) is 1. The summed E-state index contributed by atoms with van der Waals surface area (Å²) >= 11 is 0. The van der Waals surface area contributed by atoms with Gasteiger partial charge in [0.15, 0.2) is 0 Å². The molecule has 0 radical (unpaired) electrons. The zero-order valence-corrected chi connectivity index (χ0v) is 14.7. The number of rotatable bonds is 5. The van der Waals surface area contributed by atoms with E-state index >= 15 is 0 Å². The Kier molecular flexibility index (Phi) is 6.58. The second-order valence-corrected chi connectivity index (χ2v) is 6.89. The molecule has 0 saturated heterocycles. The molecule has 0 aromatic heterocycles. The lowest BCUT2D eigenvalue weighted by molar-refractivity contribution is 0.268. The summed E-state index contributed by atoms with van der Waals surface area (Å²) in [5.41, 5.74) is 3.79. The fraction of sp³-hybridized carbons (Fsp3) is 0.409. The molecule has 0 heterocycles. The van der Waals surface area contributed by atoms with Gasteiger partial charge in [-0.05, 0) is 59.8 Å². The molecule has 1 fully saturated rings. The van der Waals surface area contributed by atoms with Crippen LogP contribution in [-0.2, 0) is 0 Å². The molecule has 1 aliphatic rings. The van der Waals surface area contributed by atoms with Gasteiger partial charge in [0.2, 0.25) is 0 Å². The van der Waals surface area contributed by atoms with Crippen LogP contribution in [0, 0.1) is 11.8 Å². The van der Waals surface area contributed by atoms with Crippen LogP contribution < -0.4 is 0 Å². The first-order valence-electron chi connectivity index (χ1n) is 8.65. The van der Waals surface area contributed by atoms with Crippen molar-refractivity contribution in [2.24, 2.45) is 16.8 Å². The maximum Gasteiger partial charge on any atom is 0.0277 e. The van der Waals surface area contributed by atoms with Gasteiger partial charge >= 0.3 is 0 Å². The van der Waals surface area contributed by atoms with Gasteiger partial charge in [-0.3, -0.25) is 4.99 Å². The van der Waals surface area contributed by atoms with E-state index in [1.54, 1.807) is 13.3 Å². The van der Waals surface area contributed by atoms with E-state index in [0.29, 0.717) is 0 Å². The zero-order chi connectivity index (χ0) is 16.7. The van der Waals surface area contributed by atoms with Crippen molar-refractivity contribution in [3.63, 3.8) is 0 Å². The summed E-state index contributed by atoms with van der Waals surface area (Å²) in [5, 5.41) is 0. The van der Waals surface area contributed by atoms with Gasteiger partial charge in [0, 0.05) is 13.3 Å². The van der Waals surface area contributed by atoms with Crippen LogP contribution in [0.2, 0.25) is 0 Å². The van der Waals surface area contributed by atoms with E-state index in [0.717, 1.165) is 23.3 Å². The van der Waals surface area contributed by atoms with Crippen molar-refractivity contribution in [1.82, 2.24) is 0 Å². The van der Waals surface area contributed by atoms with Gasteiger partial charge in [-0.1, -0.05) is 62.9 Å². The van der Waals surface area contributed by atoms with Gasteiger partial charge in [0.25, 0.3) is 0 Å². The molecule has 1 aliphatic carbocycles. The van der Waals surface area contributed by atoms with E-state index in [2.05, 4.69) is 61.8 Å². The maximum atomic E-state index is 3.97. The van der Waals surface area contributed by atoms with Crippen molar-refractivity contribution >= 4 is 12.3 Å². The van der Waals surface area contributed by atoms with Crippen molar-refractivity contribution in [2.75, 3.05) is 7.05 Å². The summed E-state index contributed by atoms with van der Waals surface area (Å²) in [4.78, 5) is 3.97. The minimum absolute atomic E-state index is 0.733. The largest absolute Gasteiger partial charge is 0.296 e. The summed E-state index contributed by atoms with van der Waals surface area (Å²) in [7, 11) is 1.77. The lowest BCUT2D eigenvalue weighted by Gasteiger charge is -2.31.